The number of carbonyl (C=O) groups excluding carboxylic acids is 1. The number of amides is 1. The van der Waals surface area contributed by atoms with E-state index < -0.39 is 0 Å². The molecule has 7 heteroatoms. The van der Waals surface area contributed by atoms with Gasteiger partial charge in [-0.2, -0.15) is 0 Å². The van der Waals surface area contributed by atoms with Crippen molar-refractivity contribution >= 4 is 41.7 Å². The molecule has 3 saturated heterocycles. The molecule has 0 unspecified atom stereocenters. The Bertz CT molecular complexity index is 681. The van der Waals surface area contributed by atoms with Gasteiger partial charge in [0.05, 0.1) is 12.5 Å². The molecule has 2 bridgehead atoms. The van der Waals surface area contributed by atoms with E-state index in [4.69, 9.17) is 4.42 Å². The zero-order valence-corrected chi connectivity index (χ0v) is 14.5. The summed E-state index contributed by atoms with van der Waals surface area (Å²) in [4.78, 5) is 19.2. The first-order chi connectivity index (χ1) is 10.2. The van der Waals surface area contributed by atoms with Crippen LogP contribution in [0.2, 0.25) is 0 Å². The molecule has 126 valence electrons. The lowest BCUT2D eigenvalue weighted by molar-refractivity contribution is 0.0216. The minimum absolute atomic E-state index is 0. The van der Waals surface area contributed by atoms with Gasteiger partial charge >= 0.3 is 0 Å². The lowest BCUT2D eigenvalue weighted by Crippen LogP contribution is -2.62. The third kappa shape index (κ3) is 3.18. The SMILES string of the molecule is C[C@H]1[C@H](NC(=O)c2cc3ccoc3cn2)C2CCN1CC2.Cl.Cl. The summed E-state index contributed by atoms with van der Waals surface area (Å²) >= 11 is 0. The topological polar surface area (TPSA) is 58.4 Å². The van der Waals surface area contributed by atoms with Crippen molar-refractivity contribution in [3.05, 3.63) is 30.3 Å². The number of furan rings is 1. The van der Waals surface area contributed by atoms with Crippen molar-refractivity contribution in [1.82, 2.24) is 15.2 Å². The van der Waals surface area contributed by atoms with Crippen LogP contribution in [0, 0.1) is 5.92 Å². The van der Waals surface area contributed by atoms with Gasteiger partial charge in [0.25, 0.3) is 5.91 Å². The van der Waals surface area contributed by atoms with Gasteiger partial charge in [0.15, 0.2) is 5.58 Å². The van der Waals surface area contributed by atoms with Crippen LogP contribution in [0.4, 0.5) is 0 Å². The maximum Gasteiger partial charge on any atom is 0.270 e. The van der Waals surface area contributed by atoms with Crippen LogP contribution in [0.3, 0.4) is 0 Å². The van der Waals surface area contributed by atoms with Gasteiger partial charge in [0, 0.05) is 17.5 Å². The maximum atomic E-state index is 12.5. The van der Waals surface area contributed by atoms with Gasteiger partial charge in [-0.25, -0.2) is 4.98 Å². The number of fused-ring (bicyclic) bond motifs is 4. The van der Waals surface area contributed by atoms with E-state index in [1.165, 1.54) is 12.8 Å². The summed E-state index contributed by atoms with van der Waals surface area (Å²) in [5.74, 6) is 0.523. The largest absolute Gasteiger partial charge is 0.463 e. The highest BCUT2D eigenvalue weighted by molar-refractivity contribution is 5.95. The summed E-state index contributed by atoms with van der Waals surface area (Å²) in [6, 6.07) is 4.30. The van der Waals surface area contributed by atoms with Crippen LogP contribution in [0.5, 0.6) is 0 Å². The number of piperidine rings is 3. The summed E-state index contributed by atoms with van der Waals surface area (Å²) in [6.07, 6.45) is 5.60. The molecular weight excluding hydrogens is 337 g/mol. The summed E-state index contributed by atoms with van der Waals surface area (Å²) in [5, 5.41) is 4.11. The highest BCUT2D eigenvalue weighted by atomic mass is 35.5. The zero-order valence-electron chi connectivity index (χ0n) is 12.9. The van der Waals surface area contributed by atoms with Crippen LogP contribution in [0.15, 0.2) is 29.0 Å². The normalized spacial score (nSPS) is 28.7. The Morgan fingerprint density at radius 1 is 1.35 bits per heavy atom. The highest BCUT2D eigenvalue weighted by Gasteiger charge is 2.40. The molecule has 0 saturated carbocycles. The maximum absolute atomic E-state index is 12.5. The molecule has 23 heavy (non-hydrogen) atoms. The number of rotatable bonds is 2. The predicted octanol–water partition coefficient (Wildman–Crippen LogP) is 2.88. The van der Waals surface area contributed by atoms with Crippen molar-refractivity contribution in [3.8, 4) is 0 Å². The van der Waals surface area contributed by atoms with Gasteiger partial charge in [-0.05, 0) is 50.9 Å². The number of halogens is 2. The first-order valence-corrected chi connectivity index (χ1v) is 7.60. The van der Waals surface area contributed by atoms with Crippen molar-refractivity contribution in [2.45, 2.75) is 31.8 Å². The van der Waals surface area contributed by atoms with Crippen LogP contribution in [-0.4, -0.2) is 41.0 Å². The van der Waals surface area contributed by atoms with Gasteiger partial charge in [-0.3, -0.25) is 9.69 Å². The van der Waals surface area contributed by atoms with Crippen LogP contribution in [0.25, 0.3) is 11.0 Å². The number of hydrogen-bond donors (Lipinski definition) is 1. The van der Waals surface area contributed by atoms with Crippen LogP contribution >= 0.6 is 24.8 Å². The van der Waals surface area contributed by atoms with E-state index in [1.54, 1.807) is 18.5 Å². The fraction of sp³-hybridized carbons (Fsp3) is 0.500. The number of aromatic nitrogens is 1. The molecule has 3 aliphatic rings. The fourth-order valence-corrected chi connectivity index (χ4v) is 3.76. The quantitative estimate of drug-likeness (QED) is 0.897. The number of hydrogen-bond acceptors (Lipinski definition) is 4. The number of pyridine rings is 1. The molecule has 1 N–H and O–H groups in total. The van der Waals surface area contributed by atoms with Crippen molar-refractivity contribution < 1.29 is 9.21 Å². The average Bonchev–Trinajstić information content (AvgIpc) is 2.98. The molecule has 3 aliphatic heterocycles. The second-order valence-electron chi connectivity index (χ2n) is 6.14. The summed E-state index contributed by atoms with van der Waals surface area (Å²) < 4.78 is 5.26. The first kappa shape index (κ1) is 18.0. The number of nitrogens with zero attached hydrogens (tertiary/aromatic N) is 2. The van der Waals surface area contributed by atoms with E-state index in [0.29, 0.717) is 23.2 Å². The van der Waals surface area contributed by atoms with Gasteiger partial charge in [-0.1, -0.05) is 0 Å². The molecular formula is C16H21Cl2N3O2. The smallest absolute Gasteiger partial charge is 0.270 e. The third-order valence-electron chi connectivity index (χ3n) is 5.05. The van der Waals surface area contributed by atoms with Crippen molar-refractivity contribution in [2.75, 3.05) is 13.1 Å². The minimum atomic E-state index is -0.0799. The Morgan fingerprint density at radius 2 is 2.09 bits per heavy atom. The van der Waals surface area contributed by atoms with Gasteiger partial charge in [0.1, 0.15) is 5.69 Å². The van der Waals surface area contributed by atoms with Crippen molar-refractivity contribution in [2.24, 2.45) is 5.92 Å². The highest BCUT2D eigenvalue weighted by Crippen LogP contribution is 2.32. The Morgan fingerprint density at radius 3 is 2.78 bits per heavy atom. The molecule has 0 radical (unpaired) electrons. The Labute approximate surface area is 147 Å². The summed E-state index contributed by atoms with van der Waals surface area (Å²) in [7, 11) is 0. The van der Waals surface area contributed by atoms with E-state index in [1.807, 2.05) is 6.07 Å². The van der Waals surface area contributed by atoms with E-state index in [2.05, 4.69) is 22.1 Å². The molecule has 5 nitrogen and oxygen atoms in total. The fourth-order valence-electron chi connectivity index (χ4n) is 3.76. The Hall–Kier alpha value is -1.30. The van der Waals surface area contributed by atoms with Gasteiger partial charge in [-0.15, -0.1) is 24.8 Å². The van der Waals surface area contributed by atoms with Gasteiger partial charge in [0.2, 0.25) is 0 Å². The van der Waals surface area contributed by atoms with Crippen LogP contribution < -0.4 is 5.32 Å². The molecule has 2 atom stereocenters. The molecule has 0 aromatic carbocycles. The predicted molar refractivity (Wildman–Crippen MR) is 93.5 cm³/mol. The summed E-state index contributed by atoms with van der Waals surface area (Å²) in [6.45, 7) is 4.54. The zero-order chi connectivity index (χ0) is 14.4. The lowest BCUT2D eigenvalue weighted by Gasteiger charge is -2.49. The molecule has 5 heterocycles. The molecule has 0 spiro atoms. The molecule has 2 aromatic rings. The monoisotopic (exact) mass is 357 g/mol. The van der Waals surface area contributed by atoms with Crippen LogP contribution in [-0.2, 0) is 0 Å². The first-order valence-electron chi connectivity index (χ1n) is 7.60. The van der Waals surface area contributed by atoms with E-state index in [0.717, 1.165) is 18.5 Å². The van der Waals surface area contributed by atoms with Crippen LogP contribution in [0.1, 0.15) is 30.3 Å². The second-order valence-corrected chi connectivity index (χ2v) is 6.14. The Balaban J connectivity index is 0.000000960. The molecule has 1 amide bonds. The van der Waals surface area contributed by atoms with E-state index >= 15 is 0 Å². The molecule has 2 aromatic heterocycles. The van der Waals surface area contributed by atoms with E-state index in [9.17, 15) is 4.79 Å². The standard InChI is InChI=1S/C16H19N3O2.2ClH/c1-10-15(11-2-5-19(10)6-3-11)18-16(20)13-8-12-4-7-21-14(12)9-17-13;;/h4,7-11,15H,2-3,5-6H2,1H3,(H,18,20);2*1H/t10-,15-;;/m0../s1. The lowest BCUT2D eigenvalue weighted by atomic mass is 9.79. The molecule has 3 fully saturated rings. The molecule has 0 aliphatic carbocycles. The average molecular weight is 358 g/mol. The Kier molecular flexibility index (Phi) is 5.55. The van der Waals surface area contributed by atoms with Crippen molar-refractivity contribution in [1.29, 1.82) is 0 Å². The van der Waals surface area contributed by atoms with E-state index in [-0.39, 0.29) is 36.8 Å². The summed E-state index contributed by atoms with van der Waals surface area (Å²) in [5.41, 5.74) is 1.18. The number of carbonyl (C=O) groups is 1. The molecule has 5 rings (SSSR count). The number of nitrogens with one attached hydrogen (secondary N) is 1. The van der Waals surface area contributed by atoms with Crippen molar-refractivity contribution in [3.63, 3.8) is 0 Å². The second kappa shape index (κ2) is 7.07. The minimum Gasteiger partial charge on any atom is -0.463 e. The van der Waals surface area contributed by atoms with Gasteiger partial charge < -0.3 is 9.73 Å². The third-order valence-corrected chi connectivity index (χ3v) is 5.05.